The highest BCUT2D eigenvalue weighted by Crippen LogP contribution is 2.34. The van der Waals surface area contributed by atoms with Crippen molar-refractivity contribution in [1.82, 2.24) is 5.32 Å². The molecule has 0 aromatic heterocycles. The molecule has 1 aromatic carbocycles. The number of aryl methyl sites for hydroxylation is 1. The average Bonchev–Trinajstić information content (AvgIpc) is 2.42. The number of carbonyl (C=O) groups excluding carboxylic acids is 1. The van der Waals surface area contributed by atoms with E-state index in [1.807, 2.05) is 23.1 Å². The fourth-order valence-corrected chi connectivity index (χ4v) is 3.19. The van der Waals surface area contributed by atoms with Crippen molar-refractivity contribution in [1.29, 1.82) is 0 Å². The second-order valence-corrected chi connectivity index (χ2v) is 5.51. The van der Waals surface area contributed by atoms with E-state index < -0.39 is 0 Å². The third kappa shape index (κ3) is 2.15. The molecule has 2 aliphatic heterocycles. The first-order chi connectivity index (χ1) is 9.23. The summed E-state index contributed by atoms with van der Waals surface area (Å²) in [7, 11) is 0. The minimum Gasteiger partial charge on any atom is -0.369 e. The summed E-state index contributed by atoms with van der Waals surface area (Å²) in [6.45, 7) is 4.71. The number of para-hydroxylation sites is 1. The van der Waals surface area contributed by atoms with Crippen molar-refractivity contribution in [3.8, 4) is 0 Å². The molecule has 0 aliphatic carbocycles. The summed E-state index contributed by atoms with van der Waals surface area (Å²) in [6, 6.07) is 8.10. The number of amides is 1. The summed E-state index contributed by atoms with van der Waals surface area (Å²) in [6.07, 6.45) is 2.08. The highest BCUT2D eigenvalue weighted by Gasteiger charge is 2.45. The van der Waals surface area contributed by atoms with Crippen LogP contribution in [0.15, 0.2) is 24.3 Å². The molecule has 1 atom stereocenters. The molecule has 1 aromatic rings. The molecular formula is C15H20N2O2. The number of anilines is 1. The third-order valence-corrected chi connectivity index (χ3v) is 4.13. The molecule has 2 fully saturated rings. The van der Waals surface area contributed by atoms with Crippen LogP contribution < -0.4 is 10.2 Å². The predicted octanol–water partition coefficient (Wildman–Crippen LogP) is 1.48. The Hall–Kier alpha value is -1.39. The van der Waals surface area contributed by atoms with Crippen LogP contribution in [0.5, 0.6) is 0 Å². The van der Waals surface area contributed by atoms with E-state index in [-0.39, 0.29) is 18.1 Å². The zero-order valence-electron chi connectivity index (χ0n) is 11.3. The molecule has 3 rings (SSSR count). The van der Waals surface area contributed by atoms with Gasteiger partial charge in [0.05, 0.1) is 12.1 Å². The van der Waals surface area contributed by atoms with Crippen LogP contribution in [0.4, 0.5) is 5.69 Å². The van der Waals surface area contributed by atoms with Gasteiger partial charge in [0.1, 0.15) is 6.61 Å². The van der Waals surface area contributed by atoms with Crippen LogP contribution in [-0.4, -0.2) is 37.7 Å². The Kier molecular flexibility index (Phi) is 3.29. The minimum atomic E-state index is -0.209. The maximum atomic E-state index is 12.4. The van der Waals surface area contributed by atoms with Gasteiger partial charge in [-0.3, -0.25) is 4.79 Å². The molecule has 102 valence electrons. The van der Waals surface area contributed by atoms with Crippen molar-refractivity contribution in [2.24, 2.45) is 0 Å². The Morgan fingerprint density at radius 1 is 1.37 bits per heavy atom. The van der Waals surface area contributed by atoms with Gasteiger partial charge in [-0.2, -0.15) is 0 Å². The molecule has 1 spiro atoms. The van der Waals surface area contributed by atoms with Crippen molar-refractivity contribution < 1.29 is 9.53 Å². The van der Waals surface area contributed by atoms with Crippen molar-refractivity contribution in [2.75, 3.05) is 31.2 Å². The van der Waals surface area contributed by atoms with Gasteiger partial charge in [-0.25, -0.2) is 0 Å². The van der Waals surface area contributed by atoms with E-state index in [4.69, 9.17) is 4.74 Å². The van der Waals surface area contributed by atoms with Gasteiger partial charge < -0.3 is 15.0 Å². The van der Waals surface area contributed by atoms with E-state index in [1.165, 1.54) is 0 Å². The zero-order valence-corrected chi connectivity index (χ0v) is 11.3. The number of ether oxygens (including phenoxy) is 1. The zero-order chi connectivity index (χ0) is 13.3. The molecule has 0 bridgehead atoms. The lowest BCUT2D eigenvalue weighted by atomic mass is 9.86. The number of nitrogens with zero attached hydrogens (tertiary/aromatic N) is 1. The fraction of sp³-hybridized carbons (Fsp3) is 0.533. The quantitative estimate of drug-likeness (QED) is 0.831. The first kappa shape index (κ1) is 12.6. The Balaban J connectivity index is 2.03. The largest absolute Gasteiger partial charge is 0.369 e. The number of hydrogen-bond donors (Lipinski definition) is 1. The molecule has 2 aliphatic rings. The van der Waals surface area contributed by atoms with Gasteiger partial charge >= 0.3 is 0 Å². The molecular weight excluding hydrogens is 240 g/mol. The third-order valence-electron chi connectivity index (χ3n) is 4.13. The standard InChI is InChI=1S/C15H20N2O2/c1-12-5-2-3-6-13(12)17-14(18)9-19-11-15(17)7-4-8-16-10-15/h2-3,5-6,16H,4,7-11H2,1H3. The Bertz CT molecular complexity index is 475. The Labute approximate surface area is 113 Å². The predicted molar refractivity (Wildman–Crippen MR) is 74.3 cm³/mol. The average molecular weight is 260 g/mol. The van der Waals surface area contributed by atoms with Gasteiger partial charge in [0, 0.05) is 12.2 Å². The summed E-state index contributed by atoms with van der Waals surface area (Å²) in [4.78, 5) is 14.4. The van der Waals surface area contributed by atoms with Crippen LogP contribution in [0.2, 0.25) is 0 Å². The number of carbonyl (C=O) groups is 1. The maximum absolute atomic E-state index is 12.4. The molecule has 1 amide bonds. The lowest BCUT2D eigenvalue weighted by Crippen LogP contribution is -2.66. The van der Waals surface area contributed by atoms with Crippen molar-refractivity contribution in [3.05, 3.63) is 29.8 Å². The number of morpholine rings is 1. The van der Waals surface area contributed by atoms with Crippen LogP contribution in [-0.2, 0) is 9.53 Å². The number of benzene rings is 1. The molecule has 4 heteroatoms. The molecule has 1 N–H and O–H groups in total. The van der Waals surface area contributed by atoms with Crippen LogP contribution in [0.1, 0.15) is 18.4 Å². The van der Waals surface area contributed by atoms with E-state index in [0.717, 1.165) is 37.2 Å². The molecule has 4 nitrogen and oxygen atoms in total. The molecule has 2 heterocycles. The second kappa shape index (κ2) is 4.94. The van der Waals surface area contributed by atoms with Gasteiger partial charge in [-0.05, 0) is 37.9 Å². The van der Waals surface area contributed by atoms with Crippen LogP contribution in [0.25, 0.3) is 0 Å². The highest BCUT2D eigenvalue weighted by molar-refractivity contribution is 5.97. The fourth-order valence-electron chi connectivity index (χ4n) is 3.19. The minimum absolute atomic E-state index is 0.0734. The number of hydrogen-bond acceptors (Lipinski definition) is 3. The normalized spacial score (nSPS) is 27.8. The molecule has 2 saturated heterocycles. The number of nitrogens with one attached hydrogen (secondary N) is 1. The molecule has 0 saturated carbocycles. The number of rotatable bonds is 1. The van der Waals surface area contributed by atoms with E-state index in [2.05, 4.69) is 18.3 Å². The SMILES string of the molecule is Cc1ccccc1N1C(=O)COCC12CCCNC2. The Morgan fingerprint density at radius 2 is 2.21 bits per heavy atom. The first-order valence-electron chi connectivity index (χ1n) is 6.90. The summed E-state index contributed by atoms with van der Waals surface area (Å²) in [5.74, 6) is 0.0734. The second-order valence-electron chi connectivity index (χ2n) is 5.51. The van der Waals surface area contributed by atoms with Crippen molar-refractivity contribution >= 4 is 11.6 Å². The first-order valence-corrected chi connectivity index (χ1v) is 6.90. The van der Waals surface area contributed by atoms with Crippen LogP contribution in [0, 0.1) is 6.92 Å². The van der Waals surface area contributed by atoms with Gasteiger partial charge in [0.15, 0.2) is 0 Å². The lowest BCUT2D eigenvalue weighted by Gasteiger charge is -2.49. The molecule has 1 unspecified atom stereocenters. The topological polar surface area (TPSA) is 41.6 Å². The van der Waals surface area contributed by atoms with E-state index in [0.29, 0.717) is 6.61 Å². The van der Waals surface area contributed by atoms with Gasteiger partial charge in [0.2, 0.25) is 0 Å². The summed E-state index contributed by atoms with van der Waals surface area (Å²) in [5.41, 5.74) is 1.96. The summed E-state index contributed by atoms with van der Waals surface area (Å²) < 4.78 is 5.54. The number of piperidine rings is 1. The van der Waals surface area contributed by atoms with Gasteiger partial charge in [-0.1, -0.05) is 18.2 Å². The molecule has 19 heavy (non-hydrogen) atoms. The van der Waals surface area contributed by atoms with Gasteiger partial charge in [0.25, 0.3) is 5.91 Å². The summed E-state index contributed by atoms with van der Waals surface area (Å²) in [5, 5.41) is 3.41. The monoisotopic (exact) mass is 260 g/mol. The summed E-state index contributed by atoms with van der Waals surface area (Å²) >= 11 is 0. The van der Waals surface area contributed by atoms with Gasteiger partial charge in [-0.15, -0.1) is 0 Å². The van der Waals surface area contributed by atoms with Crippen LogP contribution >= 0.6 is 0 Å². The van der Waals surface area contributed by atoms with E-state index in [9.17, 15) is 4.79 Å². The smallest absolute Gasteiger partial charge is 0.253 e. The Morgan fingerprint density at radius 3 is 2.95 bits per heavy atom. The van der Waals surface area contributed by atoms with Crippen molar-refractivity contribution in [3.63, 3.8) is 0 Å². The van der Waals surface area contributed by atoms with E-state index in [1.54, 1.807) is 0 Å². The van der Waals surface area contributed by atoms with Crippen LogP contribution in [0.3, 0.4) is 0 Å². The lowest BCUT2D eigenvalue weighted by molar-refractivity contribution is -0.130. The highest BCUT2D eigenvalue weighted by atomic mass is 16.5. The van der Waals surface area contributed by atoms with E-state index >= 15 is 0 Å². The van der Waals surface area contributed by atoms with Crippen molar-refractivity contribution in [2.45, 2.75) is 25.3 Å². The maximum Gasteiger partial charge on any atom is 0.253 e. The molecule has 0 radical (unpaired) electrons.